The lowest BCUT2D eigenvalue weighted by atomic mass is 10.0. The van der Waals surface area contributed by atoms with E-state index < -0.39 is 0 Å². The first kappa shape index (κ1) is 8.25. The highest BCUT2D eigenvalue weighted by Crippen LogP contribution is 2.46. The van der Waals surface area contributed by atoms with Gasteiger partial charge < -0.3 is 9.47 Å². The first-order chi connectivity index (χ1) is 6.36. The Kier molecular flexibility index (Phi) is 1.88. The van der Waals surface area contributed by atoms with Crippen LogP contribution in [0.15, 0.2) is 0 Å². The zero-order valence-corrected chi connectivity index (χ0v) is 8.13. The van der Waals surface area contributed by atoms with Crippen molar-refractivity contribution in [3.8, 4) is 0 Å². The van der Waals surface area contributed by atoms with E-state index in [1.807, 2.05) is 0 Å². The predicted octanol–water partition coefficient (Wildman–Crippen LogP) is 2.33. The molecule has 3 rings (SSSR count). The van der Waals surface area contributed by atoms with Gasteiger partial charge in [0.1, 0.15) is 0 Å². The van der Waals surface area contributed by atoms with E-state index in [9.17, 15) is 0 Å². The maximum Gasteiger partial charge on any atom is 0.169 e. The van der Waals surface area contributed by atoms with Gasteiger partial charge in [-0.05, 0) is 37.5 Å². The highest BCUT2D eigenvalue weighted by molar-refractivity contribution is 4.89. The van der Waals surface area contributed by atoms with Crippen LogP contribution < -0.4 is 0 Å². The highest BCUT2D eigenvalue weighted by atomic mass is 16.7. The molecule has 1 heterocycles. The molecule has 0 radical (unpaired) electrons. The van der Waals surface area contributed by atoms with Gasteiger partial charge in [0, 0.05) is 12.8 Å². The molecule has 2 saturated carbocycles. The van der Waals surface area contributed by atoms with Gasteiger partial charge in [0.05, 0.1) is 13.2 Å². The molecule has 13 heavy (non-hydrogen) atoms. The van der Waals surface area contributed by atoms with Gasteiger partial charge in [0.15, 0.2) is 5.79 Å². The van der Waals surface area contributed by atoms with Gasteiger partial charge in [-0.25, -0.2) is 0 Å². The summed E-state index contributed by atoms with van der Waals surface area (Å²) in [5.74, 6) is 1.69. The zero-order chi connectivity index (χ0) is 8.73. The molecule has 0 amide bonds. The Bertz CT molecular complexity index is 172. The molecule has 1 saturated heterocycles. The Morgan fingerprint density at radius 1 is 0.846 bits per heavy atom. The molecule has 0 aromatic rings. The molecule has 0 spiro atoms. The van der Waals surface area contributed by atoms with Crippen LogP contribution in [0.3, 0.4) is 0 Å². The normalized spacial score (nSPS) is 32.3. The summed E-state index contributed by atoms with van der Waals surface area (Å²) in [6, 6.07) is 0. The van der Waals surface area contributed by atoms with Crippen LogP contribution in [-0.4, -0.2) is 19.0 Å². The molecule has 0 aromatic carbocycles. The van der Waals surface area contributed by atoms with Crippen molar-refractivity contribution < 1.29 is 9.47 Å². The second-order valence-corrected chi connectivity index (χ2v) is 4.90. The average molecular weight is 182 g/mol. The first-order valence-corrected chi connectivity index (χ1v) is 5.64. The van der Waals surface area contributed by atoms with Gasteiger partial charge in [-0.2, -0.15) is 0 Å². The van der Waals surface area contributed by atoms with Gasteiger partial charge in [0.25, 0.3) is 0 Å². The molecule has 0 atom stereocenters. The van der Waals surface area contributed by atoms with E-state index in [1.54, 1.807) is 0 Å². The summed E-state index contributed by atoms with van der Waals surface area (Å²) in [6.45, 7) is 1.64. The van der Waals surface area contributed by atoms with Crippen molar-refractivity contribution in [2.75, 3.05) is 13.2 Å². The van der Waals surface area contributed by atoms with E-state index in [1.165, 1.54) is 38.5 Å². The van der Waals surface area contributed by atoms with Crippen LogP contribution >= 0.6 is 0 Å². The summed E-state index contributed by atoms with van der Waals surface area (Å²) >= 11 is 0. The molecule has 0 unspecified atom stereocenters. The minimum Gasteiger partial charge on any atom is -0.348 e. The lowest BCUT2D eigenvalue weighted by Crippen LogP contribution is -2.31. The predicted molar refractivity (Wildman–Crippen MR) is 49.3 cm³/mol. The van der Waals surface area contributed by atoms with Gasteiger partial charge in [0.2, 0.25) is 0 Å². The van der Waals surface area contributed by atoms with Crippen molar-refractivity contribution >= 4 is 0 Å². The van der Waals surface area contributed by atoms with E-state index in [2.05, 4.69) is 0 Å². The van der Waals surface area contributed by atoms with Crippen LogP contribution in [0.2, 0.25) is 0 Å². The van der Waals surface area contributed by atoms with Crippen molar-refractivity contribution in [2.24, 2.45) is 11.8 Å². The van der Waals surface area contributed by atoms with E-state index in [-0.39, 0.29) is 5.79 Å². The minimum absolute atomic E-state index is 0.137. The summed E-state index contributed by atoms with van der Waals surface area (Å²) in [6.07, 6.45) is 7.95. The summed E-state index contributed by atoms with van der Waals surface area (Å²) in [5, 5.41) is 0. The summed E-state index contributed by atoms with van der Waals surface area (Å²) in [7, 11) is 0. The second kappa shape index (κ2) is 2.96. The monoisotopic (exact) mass is 182 g/mol. The van der Waals surface area contributed by atoms with Crippen molar-refractivity contribution in [3.05, 3.63) is 0 Å². The Labute approximate surface area is 79.6 Å². The topological polar surface area (TPSA) is 18.5 Å². The largest absolute Gasteiger partial charge is 0.348 e. The number of ether oxygens (including phenoxy) is 2. The van der Waals surface area contributed by atoms with E-state index in [0.717, 1.165) is 25.0 Å². The lowest BCUT2D eigenvalue weighted by molar-refractivity contribution is -0.172. The van der Waals surface area contributed by atoms with Gasteiger partial charge in [-0.15, -0.1) is 0 Å². The molecule has 0 bridgehead atoms. The lowest BCUT2D eigenvalue weighted by Gasteiger charge is -2.27. The number of hydrogen-bond acceptors (Lipinski definition) is 2. The van der Waals surface area contributed by atoms with Crippen molar-refractivity contribution in [3.63, 3.8) is 0 Å². The average Bonchev–Trinajstić information content (AvgIpc) is 2.98. The highest BCUT2D eigenvalue weighted by Gasteiger charge is 2.45. The fourth-order valence-corrected chi connectivity index (χ4v) is 2.34. The van der Waals surface area contributed by atoms with Crippen molar-refractivity contribution in [1.29, 1.82) is 0 Å². The maximum atomic E-state index is 5.82. The summed E-state index contributed by atoms with van der Waals surface area (Å²) < 4.78 is 11.6. The zero-order valence-electron chi connectivity index (χ0n) is 8.13. The molecule has 3 aliphatic rings. The van der Waals surface area contributed by atoms with Crippen LogP contribution in [0.25, 0.3) is 0 Å². The van der Waals surface area contributed by atoms with Gasteiger partial charge >= 0.3 is 0 Å². The molecule has 0 N–H and O–H groups in total. The standard InChI is InChI=1S/C11H18O2/c1-2-9(1)7-11(8-10-3-4-10)12-5-6-13-11/h9-10H,1-8H2. The van der Waals surface area contributed by atoms with Gasteiger partial charge in [-0.1, -0.05) is 0 Å². The number of rotatable bonds is 4. The SMILES string of the molecule is C1COC(CC2CC2)(CC2CC2)O1. The fourth-order valence-electron chi connectivity index (χ4n) is 2.34. The molecule has 2 nitrogen and oxygen atoms in total. The molecule has 1 aliphatic heterocycles. The molecule has 2 heteroatoms. The quantitative estimate of drug-likeness (QED) is 0.664. The third-order valence-corrected chi connectivity index (χ3v) is 3.41. The maximum absolute atomic E-state index is 5.82. The van der Waals surface area contributed by atoms with Crippen LogP contribution in [0.4, 0.5) is 0 Å². The van der Waals surface area contributed by atoms with E-state index in [0.29, 0.717) is 0 Å². The summed E-state index contributed by atoms with van der Waals surface area (Å²) in [5.41, 5.74) is 0. The fraction of sp³-hybridized carbons (Fsp3) is 1.00. The van der Waals surface area contributed by atoms with Crippen LogP contribution in [-0.2, 0) is 9.47 Å². The Morgan fingerprint density at radius 3 is 1.69 bits per heavy atom. The van der Waals surface area contributed by atoms with E-state index in [4.69, 9.17) is 9.47 Å². The van der Waals surface area contributed by atoms with Crippen LogP contribution in [0.1, 0.15) is 38.5 Å². The van der Waals surface area contributed by atoms with Gasteiger partial charge in [-0.3, -0.25) is 0 Å². The second-order valence-electron chi connectivity index (χ2n) is 4.90. The van der Waals surface area contributed by atoms with Crippen LogP contribution in [0.5, 0.6) is 0 Å². The smallest absolute Gasteiger partial charge is 0.169 e. The first-order valence-electron chi connectivity index (χ1n) is 5.64. The molecular weight excluding hydrogens is 164 g/mol. The molecule has 3 fully saturated rings. The summed E-state index contributed by atoms with van der Waals surface area (Å²) in [4.78, 5) is 0. The number of hydrogen-bond donors (Lipinski definition) is 0. The van der Waals surface area contributed by atoms with Crippen molar-refractivity contribution in [1.82, 2.24) is 0 Å². The molecule has 0 aromatic heterocycles. The minimum atomic E-state index is -0.137. The van der Waals surface area contributed by atoms with Crippen LogP contribution in [0, 0.1) is 11.8 Å². The molecule has 2 aliphatic carbocycles. The Balaban J connectivity index is 1.62. The molecular formula is C11H18O2. The van der Waals surface area contributed by atoms with Crippen molar-refractivity contribution in [2.45, 2.75) is 44.3 Å². The third-order valence-electron chi connectivity index (χ3n) is 3.41. The third kappa shape index (κ3) is 1.89. The van der Waals surface area contributed by atoms with E-state index >= 15 is 0 Å². The Morgan fingerprint density at radius 2 is 1.31 bits per heavy atom. The molecule has 74 valence electrons. The Hall–Kier alpha value is -0.0800.